The normalized spacial score (nSPS) is 19.6. The van der Waals surface area contributed by atoms with E-state index < -0.39 is 46.3 Å². The van der Waals surface area contributed by atoms with Crippen molar-refractivity contribution < 1.29 is 43.3 Å². The van der Waals surface area contributed by atoms with Crippen LogP contribution in [0.3, 0.4) is 0 Å². The van der Waals surface area contributed by atoms with Crippen molar-refractivity contribution in [1.29, 1.82) is 0 Å². The SMILES string of the molecule is CCN1CCN(c2ccc(-c3cc4c(N5CCNC(C(F)F)C5)ccnn4c3)cc2)CC1.CCN1CCN(c2ccc(-c3cc4c(OS(=O)(=O)C(F)(F)F)ccnn4c3)cc2)CC1.FC(F)C1CCCCN1. The number of fused-ring (bicyclic) bond motifs is 2. The molecule has 4 aliphatic rings. The van der Waals surface area contributed by atoms with E-state index in [1.54, 1.807) is 18.5 Å². The standard InChI is InChI=1S/C24H30F2N6.C20H21F3N4O3S.C6H11F2N/c1-2-29-11-13-30(14-12-29)20-5-3-18(4-6-20)19-15-23-22(7-8-28-32(23)16-19)31-10-9-27-21(17-31)24(25)26;1-2-25-9-11-26(12-10-25)17-5-3-15(4-6-17)16-13-18-19(7-8-24-27(18)14-16)30-31(28,29)20(21,22)23;7-6(8)5-3-1-2-4-9-5/h3-8,15-16,21,24,27H,2,9-14,17H2,1H3;3-8,13-14H,2,9-12H2,1H3;5-6,9H,1-4H2. The number of likely N-dealkylation sites (N-methyl/N-ethyl adjacent to an activating group) is 2. The largest absolute Gasteiger partial charge is 0.534 e. The van der Waals surface area contributed by atoms with Crippen LogP contribution in [0.25, 0.3) is 33.3 Å². The Labute approximate surface area is 415 Å². The van der Waals surface area contributed by atoms with Crippen LogP contribution in [0.5, 0.6) is 5.75 Å². The first-order valence-electron chi connectivity index (χ1n) is 24.5. The predicted octanol–water partition coefficient (Wildman–Crippen LogP) is 7.95. The van der Waals surface area contributed by atoms with Crippen LogP contribution in [-0.4, -0.2) is 160 Å². The maximum absolute atomic E-state index is 13.2. The second-order valence-corrected chi connectivity index (χ2v) is 19.7. The molecule has 0 bridgehead atoms. The minimum absolute atomic E-state index is 0.116. The third kappa shape index (κ3) is 12.7. The van der Waals surface area contributed by atoms with Crippen molar-refractivity contribution in [3.05, 3.63) is 97.6 Å². The summed E-state index contributed by atoms with van der Waals surface area (Å²) >= 11 is 0. The van der Waals surface area contributed by atoms with E-state index in [0.717, 1.165) is 124 Å². The number of piperidine rings is 1. The van der Waals surface area contributed by atoms with Crippen LogP contribution in [-0.2, 0) is 10.1 Å². The lowest BCUT2D eigenvalue weighted by Gasteiger charge is -2.35. The molecule has 4 fully saturated rings. The fraction of sp³-hybridized carbons (Fsp3) is 0.480. The Morgan fingerprint density at radius 3 is 1.58 bits per heavy atom. The second-order valence-electron chi connectivity index (χ2n) is 18.2. The fourth-order valence-electron chi connectivity index (χ4n) is 9.44. The topological polar surface area (TPSA) is 118 Å². The summed E-state index contributed by atoms with van der Waals surface area (Å²) < 4.78 is 118. The lowest BCUT2D eigenvalue weighted by Crippen LogP contribution is -2.54. The molecule has 2 unspecified atom stereocenters. The van der Waals surface area contributed by atoms with Crippen molar-refractivity contribution in [3.8, 4) is 28.0 Å². The van der Waals surface area contributed by atoms with Gasteiger partial charge < -0.3 is 39.3 Å². The van der Waals surface area contributed by atoms with Crippen molar-refractivity contribution in [3.63, 3.8) is 0 Å². The van der Waals surface area contributed by atoms with Gasteiger partial charge in [0.1, 0.15) is 5.52 Å². The zero-order valence-electron chi connectivity index (χ0n) is 40.4. The van der Waals surface area contributed by atoms with Crippen LogP contribution in [0, 0.1) is 0 Å². The van der Waals surface area contributed by atoms with Gasteiger partial charge >= 0.3 is 15.6 Å². The van der Waals surface area contributed by atoms with Crippen LogP contribution < -0.4 is 29.5 Å². The Morgan fingerprint density at radius 1 is 0.611 bits per heavy atom. The van der Waals surface area contributed by atoms with Gasteiger partial charge in [0.25, 0.3) is 12.9 Å². The van der Waals surface area contributed by atoms with Gasteiger partial charge in [-0.1, -0.05) is 44.5 Å². The molecule has 2 N–H and O–H groups in total. The van der Waals surface area contributed by atoms with E-state index in [1.165, 1.54) is 16.4 Å². The number of halogens is 7. The third-order valence-electron chi connectivity index (χ3n) is 13.7. The molecule has 2 aromatic carbocycles. The lowest BCUT2D eigenvalue weighted by molar-refractivity contribution is -0.0499. The monoisotopic (exact) mass is 1030 g/mol. The molecule has 22 heteroatoms. The Hall–Kier alpha value is -5.68. The second kappa shape index (κ2) is 23.5. The van der Waals surface area contributed by atoms with Gasteiger partial charge in [-0.2, -0.15) is 31.8 Å². The highest BCUT2D eigenvalue weighted by atomic mass is 32.2. The summed E-state index contributed by atoms with van der Waals surface area (Å²) in [6.45, 7) is 17.1. The van der Waals surface area contributed by atoms with E-state index in [9.17, 15) is 39.2 Å². The molecule has 72 heavy (non-hydrogen) atoms. The van der Waals surface area contributed by atoms with Crippen LogP contribution >= 0.6 is 0 Å². The van der Waals surface area contributed by atoms with Gasteiger partial charge in [0, 0.05) is 119 Å². The molecule has 390 valence electrons. The molecule has 4 saturated heterocycles. The van der Waals surface area contributed by atoms with E-state index in [2.05, 4.69) is 88.8 Å². The van der Waals surface area contributed by atoms with Crippen molar-refractivity contribution >= 4 is 38.2 Å². The number of anilines is 3. The van der Waals surface area contributed by atoms with Crippen molar-refractivity contribution in [2.75, 3.05) is 106 Å². The molecular weight excluding hydrogens is 968 g/mol. The average Bonchev–Trinajstić information content (AvgIpc) is 4.05. The smallest absolute Gasteiger partial charge is 0.374 e. The molecule has 0 saturated carbocycles. The summed E-state index contributed by atoms with van der Waals surface area (Å²) in [5.74, 6) is -0.441. The number of hydrogen-bond donors (Lipinski definition) is 2. The minimum Gasteiger partial charge on any atom is -0.374 e. The number of aromatic nitrogens is 4. The minimum atomic E-state index is -5.77. The number of piperazine rings is 3. The summed E-state index contributed by atoms with van der Waals surface area (Å²) in [5, 5.41) is 14.2. The lowest BCUT2D eigenvalue weighted by atomic mass is 10.1. The van der Waals surface area contributed by atoms with Gasteiger partial charge in [-0.05, 0) is 86.1 Å². The molecule has 2 atom stereocenters. The molecule has 0 amide bonds. The molecule has 4 aromatic heterocycles. The Balaban J connectivity index is 0.000000164. The zero-order valence-corrected chi connectivity index (χ0v) is 41.2. The van der Waals surface area contributed by atoms with Crippen LogP contribution in [0.15, 0.2) is 97.6 Å². The van der Waals surface area contributed by atoms with Gasteiger partial charge in [0.2, 0.25) is 0 Å². The Morgan fingerprint density at radius 2 is 1.11 bits per heavy atom. The van der Waals surface area contributed by atoms with Crippen molar-refractivity contribution in [2.24, 2.45) is 0 Å². The van der Waals surface area contributed by atoms with Gasteiger partial charge in [0.05, 0.1) is 29.5 Å². The summed E-state index contributed by atoms with van der Waals surface area (Å²) in [6.07, 6.45) is 4.62. The summed E-state index contributed by atoms with van der Waals surface area (Å²) in [6, 6.07) is 21.9. The fourth-order valence-corrected chi connectivity index (χ4v) is 9.91. The molecule has 4 aliphatic heterocycles. The van der Waals surface area contributed by atoms with Crippen LogP contribution in [0.2, 0.25) is 0 Å². The van der Waals surface area contributed by atoms with Gasteiger partial charge in [-0.25, -0.2) is 26.6 Å². The highest BCUT2D eigenvalue weighted by Gasteiger charge is 2.49. The van der Waals surface area contributed by atoms with Gasteiger partial charge in [-0.15, -0.1) is 0 Å². The first-order valence-corrected chi connectivity index (χ1v) is 25.9. The van der Waals surface area contributed by atoms with Crippen molar-refractivity contribution in [2.45, 2.75) is 63.6 Å². The number of nitrogens with zero attached hydrogens (tertiary/aromatic N) is 9. The Kier molecular flexibility index (Phi) is 17.2. The third-order valence-corrected chi connectivity index (χ3v) is 14.7. The number of rotatable bonds is 11. The maximum Gasteiger partial charge on any atom is 0.534 e. The summed E-state index contributed by atoms with van der Waals surface area (Å²) in [5.41, 5.74) is 2.55. The molecule has 8 heterocycles. The first kappa shape index (κ1) is 52.6. The van der Waals surface area contributed by atoms with E-state index in [1.807, 2.05) is 45.9 Å². The van der Waals surface area contributed by atoms with Gasteiger partial charge in [0.15, 0.2) is 5.75 Å². The molecule has 0 aliphatic carbocycles. The zero-order chi connectivity index (χ0) is 51.0. The highest BCUT2D eigenvalue weighted by molar-refractivity contribution is 7.88. The summed E-state index contributed by atoms with van der Waals surface area (Å²) in [7, 11) is -5.77. The maximum atomic E-state index is 13.2. The van der Waals surface area contributed by atoms with E-state index >= 15 is 0 Å². The predicted molar refractivity (Wildman–Crippen MR) is 267 cm³/mol. The number of hydrogen-bond acceptors (Lipinski definition) is 12. The molecule has 14 nitrogen and oxygen atoms in total. The first-order chi connectivity index (χ1) is 34.6. The van der Waals surface area contributed by atoms with Crippen LogP contribution in [0.4, 0.5) is 47.8 Å². The molecule has 0 spiro atoms. The van der Waals surface area contributed by atoms with E-state index in [4.69, 9.17) is 0 Å². The molecule has 10 rings (SSSR count). The molecule has 6 aromatic rings. The van der Waals surface area contributed by atoms with E-state index in [0.29, 0.717) is 25.1 Å². The Bertz CT molecular complexity index is 2770. The number of nitrogens with one attached hydrogen (secondary N) is 2. The number of benzene rings is 2. The quantitative estimate of drug-likeness (QED) is 0.0746. The van der Waals surface area contributed by atoms with Crippen molar-refractivity contribution in [1.82, 2.24) is 39.7 Å². The molecule has 0 radical (unpaired) electrons. The average molecular weight is 1030 g/mol. The molecular formula is C50H62F7N11O3S. The highest BCUT2D eigenvalue weighted by Crippen LogP contribution is 2.34. The van der Waals surface area contributed by atoms with Crippen LogP contribution in [0.1, 0.15) is 33.1 Å². The summed E-state index contributed by atoms with van der Waals surface area (Å²) in [4.78, 5) is 11.7. The van der Waals surface area contributed by atoms with Gasteiger partial charge in [-0.3, -0.25) is 0 Å². The number of alkyl halides is 7. The van der Waals surface area contributed by atoms with E-state index in [-0.39, 0.29) is 12.1 Å².